The van der Waals surface area contributed by atoms with Crippen molar-refractivity contribution in [2.45, 2.75) is 31.8 Å². The van der Waals surface area contributed by atoms with Crippen molar-refractivity contribution in [1.29, 1.82) is 0 Å². The van der Waals surface area contributed by atoms with Crippen LogP contribution >= 0.6 is 0 Å². The molecule has 30 heavy (non-hydrogen) atoms. The molecule has 5 heteroatoms. The quantitative estimate of drug-likeness (QED) is 0.614. The van der Waals surface area contributed by atoms with Gasteiger partial charge in [0.1, 0.15) is 25.0 Å². The van der Waals surface area contributed by atoms with Crippen molar-refractivity contribution in [3.05, 3.63) is 76.1 Å². The molecule has 1 aromatic heterocycles. The number of nitrogens with one attached hydrogen (secondary N) is 1. The number of pyridine rings is 1. The number of nitrogens with zero attached hydrogens (tertiary/aromatic N) is 1. The molecule has 0 radical (unpaired) electrons. The predicted octanol–water partition coefficient (Wildman–Crippen LogP) is 3.60. The Morgan fingerprint density at radius 2 is 1.87 bits per heavy atom. The maximum absolute atomic E-state index is 11.5. The van der Waals surface area contributed by atoms with Gasteiger partial charge in [0.05, 0.1) is 25.7 Å². The van der Waals surface area contributed by atoms with E-state index in [2.05, 4.69) is 43.2 Å². The third kappa shape index (κ3) is 4.74. The minimum atomic E-state index is -0.532. The maximum atomic E-state index is 11.5. The minimum Gasteiger partial charge on any atom is -0.491 e. The van der Waals surface area contributed by atoms with Gasteiger partial charge in [0.2, 0.25) is 5.56 Å². The topological polar surface area (TPSA) is 62.3 Å². The number of fused-ring (bicyclic) bond motifs is 1. The first-order valence-electron chi connectivity index (χ1n) is 10.7. The van der Waals surface area contributed by atoms with E-state index >= 15 is 0 Å². The molecular formula is C25H31N2O3+. The molecule has 2 aromatic carbocycles. The largest absolute Gasteiger partial charge is 0.491 e. The van der Waals surface area contributed by atoms with Gasteiger partial charge >= 0.3 is 0 Å². The molecule has 0 saturated carbocycles. The summed E-state index contributed by atoms with van der Waals surface area (Å²) in [6.07, 6.45) is 1.76. The first-order valence-corrected chi connectivity index (χ1v) is 10.7. The van der Waals surface area contributed by atoms with Gasteiger partial charge in [0, 0.05) is 25.0 Å². The van der Waals surface area contributed by atoms with Crippen molar-refractivity contribution in [3.63, 3.8) is 0 Å². The van der Waals surface area contributed by atoms with Gasteiger partial charge < -0.3 is 19.3 Å². The predicted molar refractivity (Wildman–Crippen MR) is 120 cm³/mol. The third-order valence-corrected chi connectivity index (χ3v) is 6.45. The summed E-state index contributed by atoms with van der Waals surface area (Å²) in [5, 5.41) is 11.6. The van der Waals surface area contributed by atoms with E-state index in [9.17, 15) is 9.90 Å². The number of benzene rings is 2. The van der Waals surface area contributed by atoms with Crippen molar-refractivity contribution < 1.29 is 14.3 Å². The number of aliphatic hydroxyl groups is 1. The monoisotopic (exact) mass is 407 g/mol. The standard InChI is InChI=1S/C25H30N2O3/c1-18-5-3-4-6-23(18)19-11-13-27(2,14-12-19)16-21(28)17-30-22-9-7-20-8-10-25(29)26-24(20)15-22/h3-10,15,19,21,28H,11-14,16-17H2,1-2H3/p+1. The summed E-state index contributed by atoms with van der Waals surface area (Å²) in [5.41, 5.74) is 3.46. The summed E-state index contributed by atoms with van der Waals surface area (Å²) >= 11 is 0. The SMILES string of the molecule is Cc1ccccc1C1CC[N+](C)(CC(O)COc2ccc3ccc(=O)[nH]c3c2)CC1. The van der Waals surface area contributed by atoms with E-state index in [1.807, 2.05) is 18.2 Å². The summed E-state index contributed by atoms with van der Waals surface area (Å²) in [7, 11) is 2.23. The number of aliphatic hydroxyl groups excluding tert-OH is 1. The summed E-state index contributed by atoms with van der Waals surface area (Å²) in [6, 6.07) is 17.6. The van der Waals surface area contributed by atoms with Gasteiger partial charge in [0.15, 0.2) is 0 Å². The van der Waals surface area contributed by atoms with E-state index in [0.29, 0.717) is 18.2 Å². The lowest BCUT2D eigenvalue weighted by molar-refractivity contribution is -0.917. The molecule has 1 saturated heterocycles. The molecule has 4 rings (SSSR count). The zero-order valence-electron chi connectivity index (χ0n) is 17.8. The van der Waals surface area contributed by atoms with Crippen LogP contribution in [0.25, 0.3) is 10.9 Å². The number of likely N-dealkylation sites (N-methyl/N-ethyl adjacent to an activating group) is 1. The van der Waals surface area contributed by atoms with E-state index in [4.69, 9.17) is 4.74 Å². The molecule has 3 aromatic rings. The molecular weight excluding hydrogens is 376 g/mol. The van der Waals surface area contributed by atoms with Gasteiger partial charge in [-0.1, -0.05) is 24.3 Å². The molecule has 2 N–H and O–H groups in total. The Morgan fingerprint density at radius 3 is 2.63 bits per heavy atom. The van der Waals surface area contributed by atoms with Crippen molar-refractivity contribution in [2.75, 3.05) is 33.3 Å². The van der Waals surface area contributed by atoms with Gasteiger partial charge in [0.25, 0.3) is 0 Å². The average molecular weight is 408 g/mol. The zero-order chi connectivity index (χ0) is 21.1. The Morgan fingerprint density at radius 1 is 1.13 bits per heavy atom. The minimum absolute atomic E-state index is 0.133. The molecule has 0 amide bonds. The lowest BCUT2D eigenvalue weighted by Gasteiger charge is -2.42. The number of aromatic amines is 1. The van der Waals surface area contributed by atoms with Crippen LogP contribution in [0.4, 0.5) is 0 Å². The highest BCUT2D eigenvalue weighted by Gasteiger charge is 2.33. The van der Waals surface area contributed by atoms with Crippen LogP contribution < -0.4 is 10.3 Å². The van der Waals surface area contributed by atoms with E-state index in [1.54, 1.807) is 6.07 Å². The normalized spacial score (nSPS) is 22.7. The highest BCUT2D eigenvalue weighted by molar-refractivity contribution is 5.79. The fourth-order valence-electron chi connectivity index (χ4n) is 4.70. The second-order valence-corrected chi connectivity index (χ2v) is 8.92. The number of quaternary nitrogens is 1. The zero-order valence-corrected chi connectivity index (χ0v) is 17.8. The lowest BCUT2D eigenvalue weighted by Crippen LogP contribution is -2.54. The van der Waals surface area contributed by atoms with Gasteiger partial charge in [-0.05, 0) is 47.6 Å². The maximum Gasteiger partial charge on any atom is 0.248 e. The Bertz CT molecular complexity index is 1070. The number of hydrogen-bond acceptors (Lipinski definition) is 3. The number of ether oxygens (including phenoxy) is 1. The number of H-pyrrole nitrogens is 1. The van der Waals surface area contributed by atoms with Crippen LogP contribution in [0.2, 0.25) is 0 Å². The Balaban J connectivity index is 1.31. The first kappa shape index (κ1) is 20.6. The van der Waals surface area contributed by atoms with Crippen LogP contribution in [-0.4, -0.2) is 54.0 Å². The summed E-state index contributed by atoms with van der Waals surface area (Å²) in [5.74, 6) is 1.27. The smallest absolute Gasteiger partial charge is 0.248 e. The highest BCUT2D eigenvalue weighted by atomic mass is 16.5. The van der Waals surface area contributed by atoms with Gasteiger partial charge in [-0.3, -0.25) is 4.79 Å². The van der Waals surface area contributed by atoms with Crippen molar-refractivity contribution in [3.8, 4) is 5.75 Å². The molecule has 1 aliphatic heterocycles. The first-order chi connectivity index (χ1) is 14.4. The van der Waals surface area contributed by atoms with Crippen molar-refractivity contribution >= 4 is 10.9 Å². The highest BCUT2D eigenvalue weighted by Crippen LogP contribution is 2.32. The molecule has 0 bridgehead atoms. The summed E-state index contributed by atoms with van der Waals surface area (Å²) < 4.78 is 6.70. The number of piperidine rings is 1. The van der Waals surface area contributed by atoms with E-state index in [0.717, 1.165) is 41.3 Å². The molecule has 2 heterocycles. The van der Waals surface area contributed by atoms with Crippen LogP contribution in [0.15, 0.2) is 59.4 Å². The van der Waals surface area contributed by atoms with Gasteiger partial charge in [-0.15, -0.1) is 0 Å². The van der Waals surface area contributed by atoms with E-state index in [1.165, 1.54) is 17.2 Å². The summed E-state index contributed by atoms with van der Waals surface area (Å²) in [4.78, 5) is 14.3. The fraction of sp³-hybridized carbons (Fsp3) is 0.400. The molecule has 158 valence electrons. The van der Waals surface area contributed by atoms with Crippen LogP contribution in [0.3, 0.4) is 0 Å². The molecule has 0 aliphatic carbocycles. The molecule has 1 atom stereocenters. The van der Waals surface area contributed by atoms with Gasteiger partial charge in [-0.25, -0.2) is 0 Å². The number of rotatable bonds is 6. The molecule has 1 fully saturated rings. The number of aromatic nitrogens is 1. The number of likely N-dealkylation sites (tertiary alicyclic amines) is 1. The number of hydrogen-bond donors (Lipinski definition) is 2. The fourth-order valence-corrected chi connectivity index (χ4v) is 4.70. The van der Waals surface area contributed by atoms with Crippen LogP contribution in [0.1, 0.15) is 29.9 Å². The second-order valence-electron chi connectivity index (χ2n) is 8.92. The number of aryl methyl sites for hydroxylation is 1. The average Bonchev–Trinajstić information content (AvgIpc) is 2.73. The second kappa shape index (κ2) is 8.62. The van der Waals surface area contributed by atoms with Crippen LogP contribution in [0.5, 0.6) is 5.75 Å². The Hall–Kier alpha value is -2.63. The molecule has 0 spiro atoms. The van der Waals surface area contributed by atoms with Gasteiger partial charge in [-0.2, -0.15) is 0 Å². The molecule has 1 unspecified atom stereocenters. The van der Waals surface area contributed by atoms with Crippen molar-refractivity contribution in [2.24, 2.45) is 0 Å². The lowest BCUT2D eigenvalue weighted by atomic mass is 9.86. The molecule has 5 nitrogen and oxygen atoms in total. The Kier molecular flexibility index (Phi) is 5.93. The Labute approximate surface area is 177 Å². The third-order valence-electron chi connectivity index (χ3n) is 6.45. The van der Waals surface area contributed by atoms with E-state index < -0.39 is 6.10 Å². The molecule has 1 aliphatic rings. The van der Waals surface area contributed by atoms with Crippen LogP contribution in [0, 0.1) is 6.92 Å². The summed E-state index contributed by atoms with van der Waals surface area (Å²) in [6.45, 7) is 5.25. The van der Waals surface area contributed by atoms with Crippen LogP contribution in [-0.2, 0) is 0 Å². The van der Waals surface area contributed by atoms with E-state index in [-0.39, 0.29) is 12.2 Å². The van der Waals surface area contributed by atoms with Crippen molar-refractivity contribution in [1.82, 2.24) is 4.98 Å².